The number of carbonyl (C=O) groups excluding carboxylic acids is 2. The summed E-state index contributed by atoms with van der Waals surface area (Å²) in [5, 5.41) is 14.2. The molecule has 1 aliphatic rings. The van der Waals surface area contributed by atoms with E-state index in [0.29, 0.717) is 48.2 Å². The Morgan fingerprint density at radius 2 is 2.00 bits per heavy atom. The molecule has 0 radical (unpaired) electrons. The van der Waals surface area contributed by atoms with E-state index in [1.807, 2.05) is 41.0 Å². The second-order valence-electron chi connectivity index (χ2n) is 7.74. The number of fused-ring (bicyclic) bond motifs is 1. The van der Waals surface area contributed by atoms with Gasteiger partial charge in [0.2, 0.25) is 5.91 Å². The summed E-state index contributed by atoms with van der Waals surface area (Å²) in [6, 6.07) is 11.6. The lowest BCUT2D eigenvalue weighted by atomic mass is 10.1. The van der Waals surface area contributed by atoms with Gasteiger partial charge in [-0.1, -0.05) is 18.2 Å². The maximum absolute atomic E-state index is 13.0. The highest BCUT2D eigenvalue weighted by atomic mass is 16.2. The SMILES string of the molecule is CC(=O)NCCN1Cc2cccc(Nc3cccc(-c4nncn4C(C)C)n3)c2C1=O. The van der Waals surface area contributed by atoms with Crippen molar-refractivity contribution in [2.24, 2.45) is 0 Å². The van der Waals surface area contributed by atoms with Crippen molar-refractivity contribution in [3.63, 3.8) is 0 Å². The van der Waals surface area contributed by atoms with Gasteiger partial charge in [-0.15, -0.1) is 10.2 Å². The van der Waals surface area contributed by atoms with E-state index in [1.165, 1.54) is 6.92 Å². The highest BCUT2D eigenvalue weighted by Gasteiger charge is 2.29. The van der Waals surface area contributed by atoms with Crippen LogP contribution >= 0.6 is 0 Å². The zero-order valence-corrected chi connectivity index (χ0v) is 17.8. The molecule has 160 valence electrons. The van der Waals surface area contributed by atoms with E-state index in [4.69, 9.17) is 0 Å². The quantitative estimate of drug-likeness (QED) is 0.610. The first kappa shape index (κ1) is 20.5. The highest BCUT2D eigenvalue weighted by Crippen LogP contribution is 2.31. The number of aromatic nitrogens is 4. The number of benzene rings is 1. The summed E-state index contributed by atoms with van der Waals surface area (Å²) in [5.41, 5.74) is 3.00. The summed E-state index contributed by atoms with van der Waals surface area (Å²) < 4.78 is 1.96. The molecule has 4 rings (SSSR count). The summed E-state index contributed by atoms with van der Waals surface area (Å²) in [7, 11) is 0. The second-order valence-corrected chi connectivity index (χ2v) is 7.74. The summed E-state index contributed by atoms with van der Waals surface area (Å²) >= 11 is 0. The van der Waals surface area contributed by atoms with Crippen LogP contribution in [0.3, 0.4) is 0 Å². The van der Waals surface area contributed by atoms with Crippen molar-refractivity contribution in [2.45, 2.75) is 33.4 Å². The third-order valence-electron chi connectivity index (χ3n) is 5.14. The predicted molar refractivity (Wildman–Crippen MR) is 117 cm³/mol. The van der Waals surface area contributed by atoms with Gasteiger partial charge in [0.15, 0.2) is 5.82 Å². The van der Waals surface area contributed by atoms with Crippen molar-refractivity contribution < 1.29 is 9.59 Å². The van der Waals surface area contributed by atoms with E-state index in [-0.39, 0.29) is 17.9 Å². The third-order valence-corrected chi connectivity index (χ3v) is 5.14. The number of hydrogen-bond acceptors (Lipinski definition) is 6. The van der Waals surface area contributed by atoms with Crippen molar-refractivity contribution in [1.29, 1.82) is 0 Å². The monoisotopic (exact) mass is 419 g/mol. The van der Waals surface area contributed by atoms with Crippen LogP contribution in [0.15, 0.2) is 42.7 Å². The molecule has 0 saturated carbocycles. The molecule has 0 aliphatic carbocycles. The van der Waals surface area contributed by atoms with Crippen LogP contribution in [0, 0.1) is 0 Å². The molecule has 9 heteroatoms. The Morgan fingerprint density at radius 3 is 2.77 bits per heavy atom. The minimum atomic E-state index is -0.106. The maximum atomic E-state index is 13.0. The maximum Gasteiger partial charge on any atom is 0.256 e. The average Bonchev–Trinajstić information content (AvgIpc) is 3.34. The van der Waals surface area contributed by atoms with Gasteiger partial charge >= 0.3 is 0 Å². The molecule has 0 unspecified atom stereocenters. The van der Waals surface area contributed by atoms with Crippen molar-refractivity contribution in [2.75, 3.05) is 18.4 Å². The van der Waals surface area contributed by atoms with Gasteiger partial charge in [0.1, 0.15) is 17.8 Å². The van der Waals surface area contributed by atoms with Crippen molar-refractivity contribution in [3.05, 3.63) is 53.9 Å². The van der Waals surface area contributed by atoms with Crippen LogP contribution in [-0.4, -0.2) is 49.6 Å². The van der Waals surface area contributed by atoms with Gasteiger partial charge in [-0.3, -0.25) is 9.59 Å². The normalized spacial score (nSPS) is 12.9. The van der Waals surface area contributed by atoms with Crippen LogP contribution in [-0.2, 0) is 11.3 Å². The Hall–Kier alpha value is -3.75. The number of nitrogens with one attached hydrogen (secondary N) is 2. The minimum absolute atomic E-state index is 0.0563. The van der Waals surface area contributed by atoms with Gasteiger partial charge in [-0.2, -0.15) is 0 Å². The fourth-order valence-electron chi connectivity index (χ4n) is 3.64. The Kier molecular flexibility index (Phi) is 5.66. The van der Waals surface area contributed by atoms with Crippen molar-refractivity contribution in [3.8, 4) is 11.5 Å². The summed E-state index contributed by atoms with van der Waals surface area (Å²) in [5.74, 6) is 1.15. The van der Waals surface area contributed by atoms with E-state index in [2.05, 4.69) is 39.7 Å². The van der Waals surface area contributed by atoms with E-state index in [1.54, 1.807) is 11.2 Å². The standard InChI is InChI=1S/C22H25N7O2/c1-14(2)29-13-24-27-21(29)18-8-5-9-19(26-18)25-17-7-4-6-16-12-28(22(31)20(16)17)11-10-23-15(3)30/h4-9,13-14H,10-12H2,1-3H3,(H,23,30)(H,25,26). The average molecular weight is 419 g/mol. The molecule has 0 atom stereocenters. The highest BCUT2D eigenvalue weighted by molar-refractivity contribution is 6.04. The fourth-order valence-corrected chi connectivity index (χ4v) is 3.64. The number of hydrogen-bond donors (Lipinski definition) is 2. The Balaban J connectivity index is 1.56. The number of pyridine rings is 1. The number of anilines is 2. The van der Waals surface area contributed by atoms with Crippen LogP contribution in [0.1, 0.15) is 42.7 Å². The lowest BCUT2D eigenvalue weighted by molar-refractivity contribution is -0.119. The first-order valence-corrected chi connectivity index (χ1v) is 10.2. The van der Waals surface area contributed by atoms with Crippen molar-refractivity contribution >= 4 is 23.3 Å². The van der Waals surface area contributed by atoms with Gasteiger partial charge in [-0.05, 0) is 37.6 Å². The molecule has 31 heavy (non-hydrogen) atoms. The topological polar surface area (TPSA) is 105 Å². The molecule has 0 fully saturated rings. The molecule has 0 spiro atoms. The van der Waals surface area contributed by atoms with Crippen LogP contribution in [0.25, 0.3) is 11.5 Å². The second kappa shape index (κ2) is 8.55. The Labute approximate surface area is 180 Å². The molecule has 3 aromatic rings. The predicted octanol–water partition coefficient (Wildman–Crippen LogP) is 2.76. The van der Waals surface area contributed by atoms with E-state index < -0.39 is 0 Å². The molecule has 1 aromatic carbocycles. The van der Waals surface area contributed by atoms with Crippen LogP contribution in [0.4, 0.5) is 11.5 Å². The summed E-state index contributed by atoms with van der Waals surface area (Å²) in [4.78, 5) is 30.5. The first-order chi connectivity index (χ1) is 14.9. The van der Waals surface area contributed by atoms with Crippen LogP contribution < -0.4 is 10.6 Å². The fraction of sp³-hybridized carbons (Fsp3) is 0.318. The Morgan fingerprint density at radius 1 is 1.19 bits per heavy atom. The molecule has 3 heterocycles. The van der Waals surface area contributed by atoms with Gasteiger partial charge in [0, 0.05) is 32.6 Å². The first-order valence-electron chi connectivity index (χ1n) is 10.2. The van der Waals surface area contributed by atoms with Gasteiger partial charge in [0.25, 0.3) is 5.91 Å². The van der Waals surface area contributed by atoms with Crippen molar-refractivity contribution in [1.82, 2.24) is 30.0 Å². The number of rotatable bonds is 7. The number of carbonyl (C=O) groups is 2. The van der Waals surface area contributed by atoms with Crippen LogP contribution in [0.5, 0.6) is 0 Å². The Bertz CT molecular complexity index is 1120. The smallest absolute Gasteiger partial charge is 0.256 e. The largest absolute Gasteiger partial charge is 0.355 e. The lowest BCUT2D eigenvalue weighted by Crippen LogP contribution is -2.34. The van der Waals surface area contributed by atoms with E-state index in [9.17, 15) is 9.59 Å². The zero-order valence-electron chi connectivity index (χ0n) is 17.8. The molecule has 0 bridgehead atoms. The molecular weight excluding hydrogens is 394 g/mol. The molecule has 2 aromatic heterocycles. The molecular formula is C22H25N7O2. The summed E-state index contributed by atoms with van der Waals surface area (Å²) in [6.45, 7) is 7.00. The molecule has 0 saturated heterocycles. The summed E-state index contributed by atoms with van der Waals surface area (Å²) in [6.07, 6.45) is 1.69. The lowest BCUT2D eigenvalue weighted by Gasteiger charge is -2.16. The molecule has 1 aliphatic heterocycles. The molecule has 2 N–H and O–H groups in total. The zero-order chi connectivity index (χ0) is 22.0. The van der Waals surface area contributed by atoms with Crippen LogP contribution in [0.2, 0.25) is 0 Å². The molecule has 2 amide bonds. The molecule has 9 nitrogen and oxygen atoms in total. The van der Waals surface area contributed by atoms with Gasteiger partial charge in [-0.25, -0.2) is 4.98 Å². The third kappa shape index (κ3) is 4.25. The van der Waals surface area contributed by atoms with Gasteiger partial charge < -0.3 is 20.1 Å². The minimum Gasteiger partial charge on any atom is -0.355 e. The van der Waals surface area contributed by atoms with E-state index >= 15 is 0 Å². The number of amides is 2. The van der Waals surface area contributed by atoms with Gasteiger partial charge in [0.05, 0.1) is 11.3 Å². The number of nitrogens with zero attached hydrogens (tertiary/aromatic N) is 5. The van der Waals surface area contributed by atoms with E-state index in [0.717, 1.165) is 5.56 Å².